The molecule has 0 saturated carbocycles. The molecule has 3 heterocycles. The summed E-state index contributed by atoms with van der Waals surface area (Å²) in [6.45, 7) is 1.15. The van der Waals surface area contributed by atoms with Crippen molar-refractivity contribution in [1.29, 1.82) is 0 Å². The maximum absolute atomic E-state index is 12.4. The molecular formula is C19H15Cl2N5O3S. The molecule has 8 nitrogen and oxygen atoms in total. The van der Waals surface area contributed by atoms with Gasteiger partial charge in [-0.15, -0.1) is 0 Å². The molecule has 0 radical (unpaired) electrons. The highest BCUT2D eigenvalue weighted by atomic mass is 35.5. The van der Waals surface area contributed by atoms with E-state index in [2.05, 4.69) is 20.3 Å². The van der Waals surface area contributed by atoms with Crippen LogP contribution in [-0.2, 0) is 17.7 Å². The lowest BCUT2D eigenvalue weighted by Crippen LogP contribution is -2.30. The number of aromatic nitrogens is 3. The van der Waals surface area contributed by atoms with Crippen LogP contribution in [-0.4, -0.2) is 40.5 Å². The molecule has 1 aliphatic heterocycles. The largest absolute Gasteiger partial charge is 0.464 e. The van der Waals surface area contributed by atoms with E-state index in [-0.39, 0.29) is 16.9 Å². The molecule has 0 spiro atoms. The van der Waals surface area contributed by atoms with Crippen molar-refractivity contribution in [2.45, 2.75) is 13.0 Å². The molecule has 2 aromatic heterocycles. The lowest BCUT2D eigenvalue weighted by Gasteiger charge is -2.27. The number of hydrogen-bond acceptors (Lipinski definition) is 8. The molecule has 3 aromatic rings. The zero-order valence-electron chi connectivity index (χ0n) is 15.7. The summed E-state index contributed by atoms with van der Waals surface area (Å²) in [5.41, 5.74) is 1.48. The highest BCUT2D eigenvalue weighted by Crippen LogP contribution is 2.31. The number of thiazole rings is 1. The number of benzene rings is 1. The van der Waals surface area contributed by atoms with Crippen molar-refractivity contribution in [3.8, 4) is 0 Å². The number of rotatable bonds is 4. The minimum atomic E-state index is -0.581. The number of anilines is 2. The van der Waals surface area contributed by atoms with Gasteiger partial charge in [-0.05, 0) is 29.8 Å². The van der Waals surface area contributed by atoms with E-state index in [1.807, 2.05) is 4.90 Å². The predicted octanol–water partition coefficient (Wildman–Crippen LogP) is 3.84. The van der Waals surface area contributed by atoms with Gasteiger partial charge in [-0.1, -0.05) is 29.0 Å². The summed E-state index contributed by atoms with van der Waals surface area (Å²) in [7, 11) is 1.28. The van der Waals surface area contributed by atoms with Crippen LogP contribution in [0.3, 0.4) is 0 Å². The molecule has 0 unspecified atom stereocenters. The minimum Gasteiger partial charge on any atom is -0.464 e. The fourth-order valence-corrected chi connectivity index (χ4v) is 4.41. The number of nitrogens with zero attached hydrogens (tertiary/aromatic N) is 4. The van der Waals surface area contributed by atoms with Gasteiger partial charge in [0.25, 0.3) is 5.91 Å². The third-order valence-corrected chi connectivity index (χ3v) is 5.84. The number of fused-ring (bicyclic) bond motifs is 1. The highest BCUT2D eigenvalue weighted by molar-refractivity contribution is 7.15. The van der Waals surface area contributed by atoms with Crippen molar-refractivity contribution in [3.05, 3.63) is 62.5 Å². The second-order valence-corrected chi connectivity index (χ2v) is 8.26. The van der Waals surface area contributed by atoms with Gasteiger partial charge in [0.05, 0.1) is 19.3 Å². The van der Waals surface area contributed by atoms with Gasteiger partial charge >= 0.3 is 5.97 Å². The van der Waals surface area contributed by atoms with Gasteiger partial charge in [-0.3, -0.25) is 10.1 Å². The zero-order chi connectivity index (χ0) is 21.3. The quantitative estimate of drug-likeness (QED) is 0.463. The van der Waals surface area contributed by atoms with Crippen LogP contribution in [0.15, 0.2) is 30.3 Å². The SMILES string of the molecule is COC(=O)c1cc(N2CCc3nc(NC(=O)c4cccc(Cl)c4)sc3C2)nc(Cl)n1. The van der Waals surface area contributed by atoms with E-state index in [4.69, 9.17) is 27.9 Å². The molecule has 1 aromatic carbocycles. The second kappa shape index (κ2) is 8.55. The summed E-state index contributed by atoms with van der Waals surface area (Å²) >= 11 is 13.3. The number of amides is 1. The Balaban J connectivity index is 1.51. The van der Waals surface area contributed by atoms with Crippen molar-refractivity contribution < 1.29 is 14.3 Å². The van der Waals surface area contributed by atoms with Gasteiger partial charge in [0.1, 0.15) is 5.82 Å². The number of carbonyl (C=O) groups excluding carboxylic acids is 2. The Kier molecular flexibility index (Phi) is 5.85. The lowest BCUT2D eigenvalue weighted by molar-refractivity contribution is 0.0593. The first-order valence-corrected chi connectivity index (χ1v) is 10.4. The van der Waals surface area contributed by atoms with Gasteiger partial charge in [-0.2, -0.15) is 0 Å². The second-order valence-electron chi connectivity index (χ2n) is 6.40. The molecule has 0 aliphatic carbocycles. The first-order chi connectivity index (χ1) is 14.4. The smallest absolute Gasteiger partial charge is 0.356 e. The van der Waals surface area contributed by atoms with Crippen LogP contribution in [0.5, 0.6) is 0 Å². The number of carbonyl (C=O) groups is 2. The highest BCUT2D eigenvalue weighted by Gasteiger charge is 2.24. The van der Waals surface area contributed by atoms with E-state index in [9.17, 15) is 9.59 Å². The van der Waals surface area contributed by atoms with Gasteiger partial charge in [0.15, 0.2) is 10.8 Å². The van der Waals surface area contributed by atoms with E-state index in [1.165, 1.54) is 18.4 Å². The van der Waals surface area contributed by atoms with Crippen molar-refractivity contribution in [3.63, 3.8) is 0 Å². The van der Waals surface area contributed by atoms with Crippen molar-refractivity contribution in [2.24, 2.45) is 0 Å². The number of ether oxygens (including phenoxy) is 1. The monoisotopic (exact) mass is 463 g/mol. The molecule has 0 bridgehead atoms. The van der Waals surface area contributed by atoms with Crippen molar-refractivity contribution >= 4 is 57.4 Å². The molecule has 1 N–H and O–H groups in total. The number of halogens is 2. The van der Waals surface area contributed by atoms with E-state index < -0.39 is 5.97 Å². The Morgan fingerprint density at radius 1 is 1.20 bits per heavy atom. The maximum atomic E-state index is 12.4. The van der Waals surface area contributed by atoms with Crippen LogP contribution in [0.2, 0.25) is 10.3 Å². The Morgan fingerprint density at radius 3 is 2.80 bits per heavy atom. The standard InChI is InChI=1S/C19H15Cl2N5O3S/c1-29-17(28)13-8-15(24-18(21)22-13)26-6-5-12-14(9-26)30-19(23-12)25-16(27)10-3-2-4-11(20)7-10/h2-4,7-8H,5-6,9H2,1H3,(H,23,25,27). The molecule has 4 rings (SSSR count). The predicted molar refractivity (Wildman–Crippen MR) is 115 cm³/mol. The maximum Gasteiger partial charge on any atom is 0.356 e. The Bertz CT molecular complexity index is 1140. The summed E-state index contributed by atoms with van der Waals surface area (Å²) in [5.74, 6) is -0.327. The zero-order valence-corrected chi connectivity index (χ0v) is 18.0. The normalized spacial score (nSPS) is 13.0. The number of nitrogens with one attached hydrogen (secondary N) is 1. The summed E-state index contributed by atoms with van der Waals surface area (Å²) < 4.78 is 4.71. The fraction of sp³-hybridized carbons (Fsp3) is 0.211. The molecule has 30 heavy (non-hydrogen) atoms. The molecule has 0 saturated heterocycles. The Labute approximate surface area is 185 Å². The Morgan fingerprint density at radius 2 is 2.03 bits per heavy atom. The first kappa shape index (κ1) is 20.5. The average Bonchev–Trinajstić information content (AvgIpc) is 3.14. The van der Waals surface area contributed by atoms with E-state index in [0.717, 1.165) is 10.6 Å². The van der Waals surface area contributed by atoms with Crippen LogP contribution in [0.25, 0.3) is 0 Å². The van der Waals surface area contributed by atoms with Crippen LogP contribution < -0.4 is 10.2 Å². The van der Waals surface area contributed by atoms with Crippen LogP contribution >= 0.6 is 34.5 Å². The lowest BCUT2D eigenvalue weighted by atomic mass is 10.2. The van der Waals surface area contributed by atoms with E-state index in [0.29, 0.717) is 41.0 Å². The summed E-state index contributed by atoms with van der Waals surface area (Å²) in [5, 5.41) is 3.80. The van der Waals surface area contributed by atoms with E-state index in [1.54, 1.807) is 30.3 Å². The van der Waals surface area contributed by atoms with E-state index >= 15 is 0 Å². The molecule has 11 heteroatoms. The molecule has 1 amide bonds. The minimum absolute atomic E-state index is 0.0301. The molecular weight excluding hydrogens is 449 g/mol. The third-order valence-electron chi connectivity index (χ3n) is 4.44. The summed E-state index contributed by atoms with van der Waals surface area (Å²) in [4.78, 5) is 39.9. The van der Waals surface area contributed by atoms with Crippen molar-refractivity contribution in [1.82, 2.24) is 15.0 Å². The average molecular weight is 464 g/mol. The molecule has 154 valence electrons. The number of hydrogen-bond donors (Lipinski definition) is 1. The van der Waals surface area contributed by atoms with Crippen LogP contribution in [0.4, 0.5) is 10.9 Å². The third kappa shape index (κ3) is 4.38. The molecule has 1 aliphatic rings. The molecule has 0 atom stereocenters. The van der Waals surface area contributed by atoms with Crippen molar-refractivity contribution in [2.75, 3.05) is 23.9 Å². The summed E-state index contributed by atoms with van der Waals surface area (Å²) in [6, 6.07) is 8.26. The first-order valence-electron chi connectivity index (χ1n) is 8.86. The topological polar surface area (TPSA) is 97.3 Å². The van der Waals surface area contributed by atoms with Crippen LogP contribution in [0, 0.1) is 0 Å². The van der Waals surface area contributed by atoms with Gasteiger partial charge in [0, 0.05) is 34.5 Å². The Hall–Kier alpha value is -2.75. The van der Waals surface area contributed by atoms with Crippen LogP contribution in [0.1, 0.15) is 31.4 Å². The van der Waals surface area contributed by atoms with Gasteiger partial charge in [-0.25, -0.2) is 19.7 Å². The summed E-state index contributed by atoms with van der Waals surface area (Å²) in [6.07, 6.45) is 0.661. The van der Waals surface area contributed by atoms with Gasteiger partial charge < -0.3 is 9.64 Å². The fourth-order valence-electron chi connectivity index (χ4n) is 3.02. The number of esters is 1. The molecule has 0 fully saturated rings. The number of methoxy groups -OCH3 is 1. The van der Waals surface area contributed by atoms with Gasteiger partial charge in [0.2, 0.25) is 5.28 Å².